The Morgan fingerprint density at radius 1 is 1.40 bits per heavy atom. The van der Waals surface area contributed by atoms with Crippen LogP contribution in [0.15, 0.2) is 0 Å². The molecule has 5 heteroatoms. The molecule has 0 aromatic carbocycles. The van der Waals surface area contributed by atoms with Crippen LogP contribution in [0.25, 0.3) is 0 Å². The molecule has 0 atom stereocenters. The van der Waals surface area contributed by atoms with E-state index in [1.54, 1.807) is 0 Å². The molecule has 0 aromatic rings. The zero-order valence-corrected chi connectivity index (χ0v) is 4.10. The molecule has 0 amide bonds. The average molecular weight is 137 g/mol. The smallest absolute Gasteiger partial charge is 0.134 e. The second-order valence-electron chi connectivity index (χ2n) is 0.253. The first-order valence-electron chi connectivity index (χ1n) is 0.583. The summed E-state index contributed by atoms with van der Waals surface area (Å²) in [7, 11) is -2.87. The van der Waals surface area contributed by atoms with Crippen molar-refractivity contribution in [2.45, 2.75) is 0 Å². The molecule has 0 saturated heterocycles. The van der Waals surface area contributed by atoms with Crippen LogP contribution in [0.1, 0.15) is 0 Å². The minimum absolute atomic E-state index is 0. The predicted molar refractivity (Wildman–Crippen MR) is 12.0 cm³/mol. The van der Waals surface area contributed by atoms with Gasteiger partial charge in [-0.15, -0.1) is 9.79 Å². The maximum atomic E-state index is 8.70. The molecule has 0 spiro atoms. The van der Waals surface area contributed by atoms with Gasteiger partial charge in [-0.25, -0.2) is 0 Å². The molecule has 0 aliphatic rings. The number of hydrogen-bond donors (Lipinski definition) is 2. The molecule has 0 bridgehead atoms. The Bertz CT molecular complexity index is 29.9. The predicted octanol–water partition coefficient (Wildman–Crippen LogP) is -0.374. The molecule has 0 fully saturated rings. The largest absolute Gasteiger partial charge is 0.692 e. The Morgan fingerprint density at radius 2 is 1.40 bits per heavy atom. The van der Waals surface area contributed by atoms with Crippen molar-refractivity contribution in [2.24, 2.45) is 0 Å². The Labute approximate surface area is 40.4 Å². The van der Waals surface area contributed by atoms with E-state index in [-0.39, 0.29) is 17.1 Å². The fourth-order valence-electron chi connectivity index (χ4n) is 0. The van der Waals surface area contributed by atoms with Crippen LogP contribution < -0.4 is 0 Å². The van der Waals surface area contributed by atoms with E-state index in [4.69, 9.17) is 14.4 Å². The van der Waals surface area contributed by atoms with Gasteiger partial charge in [0.15, 0.2) is 0 Å². The Hall–Kier alpha value is 0.539. The van der Waals surface area contributed by atoms with E-state index in [2.05, 4.69) is 0 Å². The Balaban J connectivity index is 0. The second kappa shape index (κ2) is 4.54. The first-order valence-corrected chi connectivity index (χ1v) is 1.75. The van der Waals surface area contributed by atoms with Crippen LogP contribution in [-0.2, 0) is 21.6 Å². The summed E-state index contributed by atoms with van der Waals surface area (Å²) in [5, 5.41) is 0. The molecule has 2 N–H and O–H groups in total. The first-order chi connectivity index (χ1) is 1.73. The fourth-order valence-corrected chi connectivity index (χ4v) is 0. The summed E-state index contributed by atoms with van der Waals surface area (Å²) in [5.41, 5.74) is 0. The summed E-state index contributed by atoms with van der Waals surface area (Å²) < 4.78 is 8.70. The zero-order chi connectivity index (χ0) is 3.58. The van der Waals surface area contributed by atoms with E-state index in [1.807, 2.05) is 0 Å². The van der Waals surface area contributed by atoms with Crippen molar-refractivity contribution in [1.82, 2.24) is 0 Å². The van der Waals surface area contributed by atoms with Crippen molar-refractivity contribution < 1.29 is 31.4 Å². The molecule has 0 rings (SSSR count). The molecule has 0 heterocycles. The van der Waals surface area contributed by atoms with Gasteiger partial charge in [0.25, 0.3) is 0 Å². The minimum Gasteiger partial charge on any atom is -0.134 e. The standard InChI is InChI=1S/Fe.HO3P/c;1-4(2)3/h;(H-,1,2,3)/p+1. The van der Waals surface area contributed by atoms with Gasteiger partial charge in [-0.3, -0.25) is 0 Å². The van der Waals surface area contributed by atoms with E-state index in [0.29, 0.717) is 0 Å². The summed E-state index contributed by atoms with van der Waals surface area (Å²) in [6, 6.07) is 0. The van der Waals surface area contributed by atoms with E-state index in [1.165, 1.54) is 0 Å². The van der Waals surface area contributed by atoms with Crippen LogP contribution in [0.4, 0.5) is 0 Å². The SMILES string of the molecule is O=[P+](O)O.[Fe]. The molecule has 0 radical (unpaired) electrons. The summed E-state index contributed by atoms with van der Waals surface area (Å²) in [4.78, 5) is 14.2. The quantitative estimate of drug-likeness (QED) is 0.353. The van der Waals surface area contributed by atoms with Gasteiger partial charge >= 0.3 is 8.25 Å². The van der Waals surface area contributed by atoms with Gasteiger partial charge in [-0.05, 0) is 0 Å². The van der Waals surface area contributed by atoms with Gasteiger partial charge < -0.3 is 0 Å². The van der Waals surface area contributed by atoms with Crippen molar-refractivity contribution in [3.63, 3.8) is 0 Å². The van der Waals surface area contributed by atoms with Crippen LogP contribution >= 0.6 is 8.25 Å². The zero-order valence-electron chi connectivity index (χ0n) is 2.10. The van der Waals surface area contributed by atoms with Gasteiger partial charge in [0.2, 0.25) is 0 Å². The van der Waals surface area contributed by atoms with Gasteiger partial charge in [0.1, 0.15) is 0 Å². The number of rotatable bonds is 0. The summed E-state index contributed by atoms with van der Waals surface area (Å²) >= 11 is 0. The van der Waals surface area contributed by atoms with Gasteiger partial charge in [0.05, 0.1) is 0 Å². The molecule has 0 unspecified atom stereocenters. The molecule has 5 heavy (non-hydrogen) atoms. The van der Waals surface area contributed by atoms with Crippen molar-refractivity contribution in [3.05, 3.63) is 0 Å². The third-order valence-electron chi connectivity index (χ3n) is 0. The summed E-state index contributed by atoms with van der Waals surface area (Å²) in [6.45, 7) is 0. The van der Waals surface area contributed by atoms with Crippen molar-refractivity contribution in [2.75, 3.05) is 0 Å². The van der Waals surface area contributed by atoms with E-state index < -0.39 is 8.25 Å². The first kappa shape index (κ1) is 9.11. The van der Waals surface area contributed by atoms with Crippen molar-refractivity contribution >= 4 is 8.25 Å². The van der Waals surface area contributed by atoms with Gasteiger partial charge in [-0.2, -0.15) is 0 Å². The van der Waals surface area contributed by atoms with Gasteiger partial charge in [0, 0.05) is 21.6 Å². The second-order valence-corrected chi connectivity index (χ2v) is 0.758. The molecule has 3 nitrogen and oxygen atoms in total. The summed E-state index contributed by atoms with van der Waals surface area (Å²) in [5.74, 6) is 0. The van der Waals surface area contributed by atoms with Crippen molar-refractivity contribution in [3.8, 4) is 0 Å². The number of hydrogen-bond acceptors (Lipinski definition) is 1. The monoisotopic (exact) mass is 137 g/mol. The topological polar surface area (TPSA) is 57.5 Å². The molecule has 0 aliphatic carbocycles. The van der Waals surface area contributed by atoms with Crippen LogP contribution in [0.2, 0.25) is 0 Å². The normalized spacial score (nSPS) is 5.20. The molecule has 0 saturated carbocycles. The van der Waals surface area contributed by atoms with E-state index in [0.717, 1.165) is 0 Å². The van der Waals surface area contributed by atoms with E-state index >= 15 is 0 Å². The van der Waals surface area contributed by atoms with Crippen LogP contribution in [0.5, 0.6) is 0 Å². The minimum atomic E-state index is -2.87. The third kappa shape index (κ3) is 101. The van der Waals surface area contributed by atoms with Crippen LogP contribution in [0, 0.1) is 0 Å². The molecular weight excluding hydrogens is 135 g/mol. The average Bonchev–Trinajstić information content (AvgIpc) is 0.811. The molecular formula is H2FeO3P+. The fraction of sp³-hybridized carbons (Fsp3) is 0. The Kier molecular flexibility index (Phi) is 8.27. The maximum absolute atomic E-state index is 8.70. The van der Waals surface area contributed by atoms with Crippen LogP contribution in [0.3, 0.4) is 0 Å². The van der Waals surface area contributed by atoms with Crippen molar-refractivity contribution in [1.29, 1.82) is 0 Å². The molecule has 0 aliphatic heterocycles. The maximum Gasteiger partial charge on any atom is 0.692 e. The molecule has 0 aromatic heterocycles. The van der Waals surface area contributed by atoms with Gasteiger partial charge in [-0.1, -0.05) is 0 Å². The summed E-state index contributed by atoms with van der Waals surface area (Å²) in [6.07, 6.45) is 0. The molecule has 32 valence electrons. The van der Waals surface area contributed by atoms with Crippen LogP contribution in [-0.4, -0.2) is 9.79 Å². The third-order valence-corrected chi connectivity index (χ3v) is 0. The Morgan fingerprint density at radius 3 is 1.40 bits per heavy atom. The van der Waals surface area contributed by atoms with E-state index in [9.17, 15) is 0 Å².